The molecule has 1 heterocycles. The van der Waals surface area contributed by atoms with Crippen LogP contribution >= 0.6 is 11.8 Å². The average molecular weight is 382 g/mol. The molecule has 0 bridgehead atoms. The van der Waals surface area contributed by atoms with Crippen LogP contribution in [0.4, 0.5) is 23.2 Å². The fourth-order valence-electron chi connectivity index (χ4n) is 2.40. The van der Waals surface area contributed by atoms with Crippen LogP contribution in [0.3, 0.4) is 0 Å². The molecule has 26 heavy (non-hydrogen) atoms. The molecule has 136 valence electrons. The summed E-state index contributed by atoms with van der Waals surface area (Å²) in [5, 5.41) is 4.14. The minimum Gasteiger partial charge on any atom is -0.368 e. The molecule has 0 aromatic heterocycles. The van der Waals surface area contributed by atoms with Gasteiger partial charge in [0, 0.05) is 22.6 Å². The minimum atomic E-state index is -4.46. The van der Waals surface area contributed by atoms with Gasteiger partial charge in [-0.05, 0) is 36.4 Å². The Labute approximate surface area is 151 Å². The zero-order chi connectivity index (χ0) is 18.7. The number of hydrazone groups is 1. The van der Waals surface area contributed by atoms with Gasteiger partial charge < -0.3 is 5.73 Å². The molecular weight excluding hydrogens is 368 g/mol. The standard InChI is InChI=1S/C17H14F4N4S/c18-11-4-5-15-13(9-11)14(6-7-26-15)24-25-16(22)23-12-3-1-2-10(8-12)17(19,20)21/h1-5,8-9H,6-7H2,(H3,22,23,25)/b24-14+. The van der Waals surface area contributed by atoms with E-state index in [4.69, 9.17) is 5.73 Å². The van der Waals surface area contributed by atoms with Gasteiger partial charge in [-0.25, -0.2) is 14.8 Å². The van der Waals surface area contributed by atoms with Gasteiger partial charge in [0.25, 0.3) is 0 Å². The van der Waals surface area contributed by atoms with Crippen molar-refractivity contribution in [2.24, 2.45) is 15.8 Å². The fourth-order valence-corrected chi connectivity index (χ4v) is 3.41. The molecule has 0 saturated heterocycles. The van der Waals surface area contributed by atoms with E-state index < -0.39 is 11.7 Å². The zero-order valence-electron chi connectivity index (χ0n) is 13.3. The average Bonchev–Trinajstić information content (AvgIpc) is 2.59. The first-order chi connectivity index (χ1) is 12.3. The number of alkyl halides is 3. The van der Waals surface area contributed by atoms with Crippen molar-refractivity contribution in [1.82, 2.24) is 5.43 Å². The molecule has 9 heteroatoms. The van der Waals surface area contributed by atoms with Crippen molar-refractivity contribution < 1.29 is 17.6 Å². The maximum atomic E-state index is 13.5. The Morgan fingerprint density at radius 3 is 2.73 bits per heavy atom. The second-order valence-corrected chi connectivity index (χ2v) is 6.59. The number of aliphatic imine (C=N–C) groups is 1. The van der Waals surface area contributed by atoms with Crippen molar-refractivity contribution >= 4 is 29.1 Å². The van der Waals surface area contributed by atoms with E-state index in [1.165, 1.54) is 24.3 Å². The van der Waals surface area contributed by atoms with E-state index in [1.807, 2.05) is 0 Å². The first kappa shape index (κ1) is 18.2. The normalized spacial score (nSPS) is 16.5. The molecule has 0 amide bonds. The van der Waals surface area contributed by atoms with Gasteiger partial charge in [0.15, 0.2) is 0 Å². The van der Waals surface area contributed by atoms with E-state index in [0.717, 1.165) is 22.8 Å². The summed E-state index contributed by atoms with van der Waals surface area (Å²) in [6.07, 6.45) is -3.85. The predicted molar refractivity (Wildman–Crippen MR) is 94.1 cm³/mol. The van der Waals surface area contributed by atoms with Crippen molar-refractivity contribution in [2.75, 3.05) is 5.75 Å². The van der Waals surface area contributed by atoms with E-state index in [2.05, 4.69) is 15.5 Å². The third kappa shape index (κ3) is 4.34. The van der Waals surface area contributed by atoms with Gasteiger partial charge in [-0.15, -0.1) is 11.8 Å². The van der Waals surface area contributed by atoms with E-state index in [0.29, 0.717) is 17.7 Å². The number of halogens is 4. The lowest BCUT2D eigenvalue weighted by atomic mass is 10.1. The van der Waals surface area contributed by atoms with E-state index in [1.54, 1.807) is 17.8 Å². The van der Waals surface area contributed by atoms with Crippen LogP contribution in [0.25, 0.3) is 0 Å². The summed E-state index contributed by atoms with van der Waals surface area (Å²) in [6, 6.07) is 8.95. The molecule has 0 atom stereocenters. The summed E-state index contributed by atoms with van der Waals surface area (Å²) < 4.78 is 51.6. The van der Waals surface area contributed by atoms with Crippen LogP contribution in [0.1, 0.15) is 17.5 Å². The van der Waals surface area contributed by atoms with E-state index in [9.17, 15) is 17.6 Å². The lowest BCUT2D eigenvalue weighted by Gasteiger charge is -2.17. The Kier molecular flexibility index (Phi) is 5.17. The van der Waals surface area contributed by atoms with Gasteiger partial charge >= 0.3 is 6.18 Å². The lowest BCUT2D eigenvalue weighted by molar-refractivity contribution is -0.137. The monoisotopic (exact) mass is 382 g/mol. The number of rotatable bonds is 2. The summed E-state index contributed by atoms with van der Waals surface area (Å²) in [7, 11) is 0. The first-order valence-corrected chi connectivity index (χ1v) is 8.58. The quantitative estimate of drug-likeness (QED) is 0.353. The number of benzene rings is 2. The smallest absolute Gasteiger partial charge is 0.368 e. The largest absolute Gasteiger partial charge is 0.416 e. The molecular formula is C17H14F4N4S. The number of guanidine groups is 1. The number of thioether (sulfide) groups is 1. The summed E-state index contributed by atoms with van der Waals surface area (Å²) >= 11 is 1.60. The van der Waals surface area contributed by atoms with Crippen molar-refractivity contribution in [3.8, 4) is 0 Å². The maximum Gasteiger partial charge on any atom is 0.416 e. The molecule has 2 aromatic carbocycles. The summed E-state index contributed by atoms with van der Waals surface area (Å²) in [4.78, 5) is 4.80. The summed E-state index contributed by atoms with van der Waals surface area (Å²) in [5.74, 6) is 0.252. The Morgan fingerprint density at radius 2 is 1.96 bits per heavy atom. The van der Waals surface area contributed by atoms with Crippen molar-refractivity contribution in [3.05, 3.63) is 59.4 Å². The number of fused-ring (bicyclic) bond motifs is 1. The Balaban J connectivity index is 1.79. The molecule has 0 unspecified atom stereocenters. The van der Waals surface area contributed by atoms with Crippen LogP contribution in [0.5, 0.6) is 0 Å². The van der Waals surface area contributed by atoms with E-state index in [-0.39, 0.29) is 17.5 Å². The SMILES string of the molecule is NC(=Nc1cccc(C(F)(F)F)c1)N/N=C1\CCSc2ccc(F)cc21. The molecule has 0 fully saturated rings. The Bertz CT molecular complexity index is 877. The summed E-state index contributed by atoms with van der Waals surface area (Å²) in [5.41, 5.74) is 8.74. The van der Waals surface area contributed by atoms with Gasteiger partial charge in [-0.3, -0.25) is 0 Å². The number of nitrogens with two attached hydrogens (primary N) is 1. The fraction of sp³-hybridized carbons (Fsp3) is 0.176. The van der Waals surface area contributed by atoms with Crippen molar-refractivity contribution in [3.63, 3.8) is 0 Å². The second kappa shape index (κ2) is 7.36. The molecule has 0 radical (unpaired) electrons. The van der Waals surface area contributed by atoms with E-state index >= 15 is 0 Å². The highest BCUT2D eigenvalue weighted by Gasteiger charge is 2.30. The number of hydrogen-bond donors (Lipinski definition) is 2. The highest BCUT2D eigenvalue weighted by Crippen LogP contribution is 2.32. The maximum absolute atomic E-state index is 13.5. The Hall–Kier alpha value is -2.55. The molecule has 3 rings (SSSR count). The van der Waals surface area contributed by atoms with Gasteiger partial charge in [-0.2, -0.15) is 18.3 Å². The van der Waals surface area contributed by atoms with Crippen molar-refractivity contribution in [1.29, 1.82) is 0 Å². The molecule has 2 aromatic rings. The third-order valence-corrected chi connectivity index (χ3v) is 4.65. The molecule has 4 nitrogen and oxygen atoms in total. The number of nitrogens with zero attached hydrogens (tertiary/aromatic N) is 2. The predicted octanol–water partition coefficient (Wildman–Crippen LogP) is 4.28. The van der Waals surface area contributed by atoms with Gasteiger partial charge in [0.2, 0.25) is 5.96 Å². The molecule has 3 N–H and O–H groups in total. The van der Waals surface area contributed by atoms with Crippen LogP contribution in [0.2, 0.25) is 0 Å². The van der Waals surface area contributed by atoms with Crippen molar-refractivity contribution in [2.45, 2.75) is 17.5 Å². The Morgan fingerprint density at radius 1 is 1.15 bits per heavy atom. The third-order valence-electron chi connectivity index (χ3n) is 3.58. The van der Waals surface area contributed by atoms with Crippen LogP contribution in [-0.2, 0) is 6.18 Å². The molecule has 0 aliphatic carbocycles. The molecule has 1 aliphatic rings. The highest BCUT2D eigenvalue weighted by atomic mass is 32.2. The lowest BCUT2D eigenvalue weighted by Crippen LogP contribution is -2.28. The topological polar surface area (TPSA) is 62.8 Å². The van der Waals surface area contributed by atoms with Gasteiger partial charge in [-0.1, -0.05) is 6.07 Å². The first-order valence-electron chi connectivity index (χ1n) is 7.59. The molecule has 1 aliphatic heterocycles. The van der Waals surface area contributed by atoms with Gasteiger partial charge in [0.1, 0.15) is 5.82 Å². The molecule has 0 saturated carbocycles. The van der Waals surface area contributed by atoms with Crippen LogP contribution < -0.4 is 11.2 Å². The highest BCUT2D eigenvalue weighted by molar-refractivity contribution is 7.99. The second-order valence-electron chi connectivity index (χ2n) is 5.45. The van der Waals surface area contributed by atoms with Crippen LogP contribution in [0.15, 0.2) is 57.5 Å². The minimum absolute atomic E-state index is 0.0515. The van der Waals surface area contributed by atoms with Crippen LogP contribution in [0, 0.1) is 5.82 Å². The molecule has 0 spiro atoms. The number of hydrogen-bond acceptors (Lipinski definition) is 3. The summed E-state index contributed by atoms with van der Waals surface area (Å²) in [6.45, 7) is 0. The number of nitrogens with one attached hydrogen (secondary N) is 1. The van der Waals surface area contributed by atoms with Gasteiger partial charge in [0.05, 0.1) is 17.0 Å². The van der Waals surface area contributed by atoms with Crippen LogP contribution in [-0.4, -0.2) is 17.4 Å². The zero-order valence-corrected chi connectivity index (χ0v) is 14.2.